The van der Waals surface area contributed by atoms with Gasteiger partial charge in [0.1, 0.15) is 0 Å². The van der Waals surface area contributed by atoms with Crippen molar-refractivity contribution in [3.63, 3.8) is 0 Å². The number of nitrogens with zero attached hydrogens (tertiary/aromatic N) is 1. The van der Waals surface area contributed by atoms with Crippen molar-refractivity contribution >= 4 is 0 Å². The first-order valence-corrected chi connectivity index (χ1v) is 5.40. The van der Waals surface area contributed by atoms with Crippen LogP contribution in [0.5, 0.6) is 0 Å². The van der Waals surface area contributed by atoms with Gasteiger partial charge in [0.15, 0.2) is 0 Å². The van der Waals surface area contributed by atoms with Crippen molar-refractivity contribution in [1.82, 2.24) is 10.2 Å². The van der Waals surface area contributed by atoms with E-state index in [1.54, 1.807) is 0 Å². The molecule has 1 rings (SSSR count). The number of hydrogen-bond acceptors (Lipinski definition) is 2. The van der Waals surface area contributed by atoms with E-state index in [9.17, 15) is 0 Å². The Kier molecular flexibility index (Phi) is 3.36. The molecule has 0 aromatic carbocycles. The molecule has 78 valence electrons. The standard InChI is InChI=1S/C11H24N2/c1-9(2)7-13-8-11(4,5)12-6-10(13)3/h9-10,12H,6-8H2,1-5H3. The van der Waals surface area contributed by atoms with E-state index in [0.29, 0.717) is 11.6 Å². The number of piperazine rings is 1. The van der Waals surface area contributed by atoms with E-state index in [1.807, 2.05) is 0 Å². The second-order valence-corrected chi connectivity index (χ2v) is 5.44. The molecule has 1 aliphatic heterocycles. The van der Waals surface area contributed by atoms with E-state index in [1.165, 1.54) is 13.1 Å². The molecule has 0 aromatic rings. The summed E-state index contributed by atoms with van der Waals surface area (Å²) in [4.78, 5) is 2.60. The number of nitrogens with one attached hydrogen (secondary N) is 1. The highest BCUT2D eigenvalue weighted by atomic mass is 15.2. The molecule has 0 bridgehead atoms. The van der Waals surface area contributed by atoms with Crippen molar-refractivity contribution in [1.29, 1.82) is 0 Å². The minimum Gasteiger partial charge on any atom is -0.309 e. The molecule has 13 heavy (non-hydrogen) atoms. The molecule has 2 nitrogen and oxygen atoms in total. The summed E-state index contributed by atoms with van der Waals surface area (Å²) in [7, 11) is 0. The van der Waals surface area contributed by atoms with Gasteiger partial charge >= 0.3 is 0 Å². The van der Waals surface area contributed by atoms with Crippen LogP contribution >= 0.6 is 0 Å². The minimum absolute atomic E-state index is 0.293. The molecule has 0 radical (unpaired) electrons. The predicted molar refractivity (Wildman–Crippen MR) is 58.0 cm³/mol. The zero-order valence-electron chi connectivity index (χ0n) is 9.72. The van der Waals surface area contributed by atoms with Crippen LogP contribution in [0, 0.1) is 5.92 Å². The predicted octanol–water partition coefficient (Wildman–Crippen LogP) is 1.71. The van der Waals surface area contributed by atoms with Gasteiger partial charge in [-0.05, 0) is 26.7 Å². The molecule has 2 heteroatoms. The van der Waals surface area contributed by atoms with Gasteiger partial charge in [-0.1, -0.05) is 13.8 Å². The lowest BCUT2D eigenvalue weighted by molar-refractivity contribution is 0.0930. The highest BCUT2D eigenvalue weighted by Crippen LogP contribution is 2.15. The van der Waals surface area contributed by atoms with Crippen molar-refractivity contribution in [3.05, 3.63) is 0 Å². The first kappa shape index (κ1) is 11.0. The smallest absolute Gasteiger partial charge is 0.0252 e. The van der Waals surface area contributed by atoms with Crippen LogP contribution < -0.4 is 5.32 Å². The Bertz CT molecular complexity index is 163. The van der Waals surface area contributed by atoms with Gasteiger partial charge in [0.2, 0.25) is 0 Å². The average molecular weight is 184 g/mol. The summed E-state index contributed by atoms with van der Waals surface area (Å²) in [5.41, 5.74) is 0.293. The fraction of sp³-hybridized carbons (Fsp3) is 1.00. The van der Waals surface area contributed by atoms with E-state index in [4.69, 9.17) is 0 Å². The summed E-state index contributed by atoms with van der Waals surface area (Å²) < 4.78 is 0. The van der Waals surface area contributed by atoms with E-state index >= 15 is 0 Å². The van der Waals surface area contributed by atoms with E-state index in [0.717, 1.165) is 12.5 Å². The van der Waals surface area contributed by atoms with Gasteiger partial charge < -0.3 is 5.32 Å². The SMILES string of the molecule is CC(C)CN1CC(C)(C)NCC1C. The first-order chi connectivity index (χ1) is 5.91. The first-order valence-electron chi connectivity index (χ1n) is 5.40. The van der Waals surface area contributed by atoms with Gasteiger partial charge in [-0.3, -0.25) is 4.90 Å². The lowest BCUT2D eigenvalue weighted by atomic mass is 9.98. The zero-order chi connectivity index (χ0) is 10.1. The van der Waals surface area contributed by atoms with Crippen molar-refractivity contribution in [2.24, 2.45) is 5.92 Å². The van der Waals surface area contributed by atoms with Gasteiger partial charge in [0.05, 0.1) is 0 Å². The summed E-state index contributed by atoms with van der Waals surface area (Å²) in [6.07, 6.45) is 0. The van der Waals surface area contributed by atoms with Crippen LogP contribution in [0.4, 0.5) is 0 Å². The fourth-order valence-corrected chi connectivity index (χ4v) is 1.99. The quantitative estimate of drug-likeness (QED) is 0.703. The van der Waals surface area contributed by atoms with Crippen molar-refractivity contribution < 1.29 is 0 Å². The van der Waals surface area contributed by atoms with Gasteiger partial charge in [0.25, 0.3) is 0 Å². The molecule has 1 N–H and O–H groups in total. The lowest BCUT2D eigenvalue weighted by Gasteiger charge is -2.44. The Balaban J connectivity index is 2.50. The van der Waals surface area contributed by atoms with Gasteiger partial charge in [-0.2, -0.15) is 0 Å². The third-order valence-corrected chi connectivity index (χ3v) is 2.70. The van der Waals surface area contributed by atoms with Gasteiger partial charge in [-0.15, -0.1) is 0 Å². The van der Waals surface area contributed by atoms with Crippen molar-refractivity contribution in [2.75, 3.05) is 19.6 Å². The highest BCUT2D eigenvalue weighted by molar-refractivity contribution is 4.90. The Morgan fingerprint density at radius 3 is 2.62 bits per heavy atom. The number of rotatable bonds is 2. The number of hydrogen-bond donors (Lipinski definition) is 1. The molecule has 0 saturated carbocycles. The van der Waals surface area contributed by atoms with Crippen LogP contribution in [-0.2, 0) is 0 Å². The topological polar surface area (TPSA) is 15.3 Å². The Labute approximate surface area is 82.7 Å². The molecule has 0 spiro atoms. The summed E-state index contributed by atoms with van der Waals surface area (Å²) >= 11 is 0. The largest absolute Gasteiger partial charge is 0.309 e. The highest BCUT2D eigenvalue weighted by Gasteiger charge is 2.29. The Morgan fingerprint density at radius 2 is 2.08 bits per heavy atom. The molecular weight excluding hydrogens is 160 g/mol. The summed E-state index contributed by atoms with van der Waals surface area (Å²) in [6.45, 7) is 15.0. The van der Waals surface area contributed by atoms with E-state index in [-0.39, 0.29) is 0 Å². The maximum Gasteiger partial charge on any atom is 0.0252 e. The molecule has 1 saturated heterocycles. The minimum atomic E-state index is 0.293. The van der Waals surface area contributed by atoms with Gasteiger partial charge in [-0.25, -0.2) is 0 Å². The van der Waals surface area contributed by atoms with Crippen LogP contribution in [0.2, 0.25) is 0 Å². The second-order valence-electron chi connectivity index (χ2n) is 5.44. The summed E-state index contributed by atoms with van der Waals surface area (Å²) in [6, 6.07) is 0.690. The Morgan fingerprint density at radius 1 is 1.46 bits per heavy atom. The lowest BCUT2D eigenvalue weighted by Crippen LogP contribution is -2.61. The Hall–Kier alpha value is -0.0800. The van der Waals surface area contributed by atoms with Crippen molar-refractivity contribution in [3.8, 4) is 0 Å². The maximum atomic E-state index is 3.57. The molecule has 1 heterocycles. The van der Waals surface area contributed by atoms with Crippen LogP contribution in [0.25, 0.3) is 0 Å². The van der Waals surface area contributed by atoms with Crippen LogP contribution in [0.1, 0.15) is 34.6 Å². The summed E-state index contributed by atoms with van der Waals surface area (Å²) in [5, 5.41) is 3.57. The van der Waals surface area contributed by atoms with E-state index < -0.39 is 0 Å². The maximum absolute atomic E-state index is 3.57. The van der Waals surface area contributed by atoms with Crippen LogP contribution in [0.15, 0.2) is 0 Å². The van der Waals surface area contributed by atoms with E-state index in [2.05, 4.69) is 44.8 Å². The third kappa shape index (κ3) is 3.28. The molecular formula is C11H24N2. The molecule has 0 amide bonds. The monoisotopic (exact) mass is 184 g/mol. The normalized spacial score (nSPS) is 29.5. The fourth-order valence-electron chi connectivity index (χ4n) is 1.99. The molecule has 0 aromatic heterocycles. The van der Waals surface area contributed by atoms with Crippen molar-refractivity contribution in [2.45, 2.75) is 46.2 Å². The van der Waals surface area contributed by atoms with Gasteiger partial charge in [0, 0.05) is 31.2 Å². The average Bonchev–Trinajstić information content (AvgIpc) is 1.95. The molecule has 1 fully saturated rings. The molecule has 1 unspecified atom stereocenters. The van der Waals surface area contributed by atoms with Crippen LogP contribution in [0.3, 0.4) is 0 Å². The summed E-state index contributed by atoms with van der Waals surface area (Å²) in [5.74, 6) is 0.774. The molecule has 1 atom stereocenters. The van der Waals surface area contributed by atoms with Crippen LogP contribution in [-0.4, -0.2) is 36.1 Å². The third-order valence-electron chi connectivity index (χ3n) is 2.70. The molecule has 1 aliphatic rings. The zero-order valence-corrected chi connectivity index (χ0v) is 9.72. The second kappa shape index (κ2) is 3.97. The molecule has 0 aliphatic carbocycles.